The molecule has 27 heavy (non-hydrogen) atoms. The van der Waals surface area contributed by atoms with Crippen molar-refractivity contribution in [3.8, 4) is 0 Å². The van der Waals surface area contributed by atoms with Crippen molar-refractivity contribution >= 4 is 17.2 Å². The van der Waals surface area contributed by atoms with Gasteiger partial charge in [-0.25, -0.2) is 0 Å². The molecule has 0 aromatic carbocycles. The van der Waals surface area contributed by atoms with Crippen LogP contribution in [0.5, 0.6) is 0 Å². The predicted molar refractivity (Wildman–Crippen MR) is 105 cm³/mol. The van der Waals surface area contributed by atoms with Crippen molar-refractivity contribution in [2.45, 2.75) is 63.1 Å². The second-order valence-electron chi connectivity index (χ2n) is 8.91. The first-order chi connectivity index (χ1) is 13.1. The first kappa shape index (κ1) is 18.1. The SMILES string of the molecule is O=C(c1cc2c(s1)C1(CCNCC1)OCC2)N1CCC[C@@]2(CCC[C@H]2O)C1. The molecule has 1 aliphatic carbocycles. The number of ether oxygens (including phenoxy) is 1. The van der Waals surface area contributed by atoms with Crippen molar-refractivity contribution in [3.05, 3.63) is 21.4 Å². The van der Waals surface area contributed by atoms with E-state index in [2.05, 4.69) is 11.4 Å². The average molecular weight is 391 g/mol. The molecule has 5 nitrogen and oxygen atoms in total. The van der Waals surface area contributed by atoms with Crippen LogP contribution >= 0.6 is 11.3 Å². The number of hydrogen-bond acceptors (Lipinski definition) is 5. The molecule has 1 aromatic heterocycles. The van der Waals surface area contributed by atoms with E-state index in [0.29, 0.717) is 0 Å². The molecular formula is C21H30N2O3S. The van der Waals surface area contributed by atoms with Crippen molar-refractivity contribution in [1.29, 1.82) is 0 Å². The van der Waals surface area contributed by atoms with Gasteiger partial charge in [0.25, 0.3) is 5.91 Å². The molecular weight excluding hydrogens is 360 g/mol. The number of amides is 1. The van der Waals surface area contributed by atoms with Gasteiger partial charge in [-0.2, -0.15) is 0 Å². The average Bonchev–Trinajstić information content (AvgIpc) is 3.28. The van der Waals surface area contributed by atoms with Crippen molar-refractivity contribution < 1.29 is 14.6 Å². The van der Waals surface area contributed by atoms with Gasteiger partial charge in [0.05, 0.1) is 17.6 Å². The Morgan fingerprint density at radius 3 is 2.85 bits per heavy atom. The lowest BCUT2D eigenvalue weighted by Crippen LogP contribution is -2.49. The maximum absolute atomic E-state index is 13.3. The third-order valence-corrected chi connectivity index (χ3v) is 8.70. The van der Waals surface area contributed by atoms with Gasteiger partial charge in [-0.05, 0) is 69.7 Å². The minimum atomic E-state index is -0.240. The molecule has 0 bridgehead atoms. The Kier molecular flexibility index (Phi) is 4.58. The highest BCUT2D eigenvalue weighted by Crippen LogP contribution is 2.47. The van der Waals surface area contributed by atoms with Crippen LogP contribution in [0.4, 0.5) is 0 Å². The van der Waals surface area contributed by atoms with Gasteiger partial charge in [0.2, 0.25) is 0 Å². The lowest BCUT2D eigenvalue weighted by molar-refractivity contribution is -0.0771. The van der Waals surface area contributed by atoms with E-state index < -0.39 is 0 Å². The molecule has 6 heteroatoms. The molecule has 5 rings (SSSR count). The van der Waals surface area contributed by atoms with Crippen LogP contribution in [0.25, 0.3) is 0 Å². The summed E-state index contributed by atoms with van der Waals surface area (Å²) in [5, 5.41) is 13.9. The number of thiophene rings is 1. The number of fused-ring (bicyclic) bond motifs is 2. The van der Waals surface area contributed by atoms with E-state index in [-0.39, 0.29) is 23.0 Å². The second-order valence-corrected chi connectivity index (χ2v) is 9.96. The zero-order valence-electron chi connectivity index (χ0n) is 16.0. The topological polar surface area (TPSA) is 61.8 Å². The molecule has 3 aliphatic heterocycles. The van der Waals surface area contributed by atoms with Gasteiger partial charge in [0, 0.05) is 23.4 Å². The van der Waals surface area contributed by atoms with Crippen LogP contribution in [-0.2, 0) is 16.8 Å². The molecule has 1 amide bonds. The number of aliphatic hydroxyl groups is 1. The van der Waals surface area contributed by atoms with Crippen LogP contribution < -0.4 is 5.32 Å². The van der Waals surface area contributed by atoms with E-state index in [4.69, 9.17) is 4.74 Å². The molecule has 1 saturated carbocycles. The van der Waals surface area contributed by atoms with E-state index >= 15 is 0 Å². The van der Waals surface area contributed by atoms with E-state index in [0.717, 1.165) is 89.0 Å². The summed E-state index contributed by atoms with van der Waals surface area (Å²) in [5.41, 5.74) is 1.10. The number of carbonyl (C=O) groups excluding carboxylic acids is 1. The summed E-state index contributed by atoms with van der Waals surface area (Å²) in [5.74, 6) is 0.164. The fourth-order valence-electron chi connectivity index (χ4n) is 5.82. The number of rotatable bonds is 1. The van der Waals surface area contributed by atoms with E-state index in [1.165, 1.54) is 10.4 Å². The molecule has 2 saturated heterocycles. The Morgan fingerprint density at radius 2 is 2.07 bits per heavy atom. The van der Waals surface area contributed by atoms with E-state index in [1.807, 2.05) is 4.90 Å². The maximum atomic E-state index is 13.3. The van der Waals surface area contributed by atoms with Crippen LogP contribution in [0.1, 0.15) is 65.1 Å². The summed E-state index contributed by atoms with van der Waals surface area (Å²) in [6.45, 7) is 4.26. The third kappa shape index (κ3) is 2.96. The summed E-state index contributed by atoms with van der Waals surface area (Å²) in [6.07, 6.45) is 7.76. The molecule has 4 heterocycles. The van der Waals surface area contributed by atoms with Gasteiger partial charge in [0.1, 0.15) is 5.60 Å². The molecule has 0 unspecified atom stereocenters. The monoisotopic (exact) mass is 390 g/mol. The summed E-state index contributed by atoms with van der Waals surface area (Å²) < 4.78 is 6.27. The summed E-state index contributed by atoms with van der Waals surface area (Å²) >= 11 is 1.67. The van der Waals surface area contributed by atoms with Crippen LogP contribution in [0.3, 0.4) is 0 Å². The van der Waals surface area contributed by atoms with Gasteiger partial charge < -0.3 is 20.1 Å². The fourth-order valence-corrected chi connectivity index (χ4v) is 7.19. The quantitative estimate of drug-likeness (QED) is 0.774. The molecule has 0 radical (unpaired) electrons. The lowest BCUT2D eigenvalue weighted by atomic mass is 9.76. The number of nitrogens with one attached hydrogen (secondary N) is 1. The van der Waals surface area contributed by atoms with Crippen LogP contribution in [-0.4, -0.2) is 54.8 Å². The first-order valence-corrected chi connectivity index (χ1v) is 11.4. The standard InChI is InChI=1S/C21H30N2O3S/c24-17-3-1-5-20(17)6-2-11-23(14-20)19(25)16-13-15-4-12-26-21(18(15)27-16)7-9-22-10-8-21/h13,17,22,24H,1-12,14H2/t17-,20+/m1/s1. The van der Waals surface area contributed by atoms with Crippen molar-refractivity contribution in [1.82, 2.24) is 10.2 Å². The molecule has 3 fully saturated rings. The highest BCUT2D eigenvalue weighted by molar-refractivity contribution is 7.14. The first-order valence-electron chi connectivity index (χ1n) is 10.6. The smallest absolute Gasteiger partial charge is 0.263 e. The fraction of sp³-hybridized carbons (Fsp3) is 0.762. The van der Waals surface area contributed by atoms with Gasteiger partial charge in [-0.3, -0.25) is 4.79 Å². The Morgan fingerprint density at radius 1 is 1.26 bits per heavy atom. The summed E-state index contributed by atoms with van der Waals surface area (Å²) in [4.78, 5) is 17.5. The van der Waals surface area contributed by atoms with Gasteiger partial charge in [0.15, 0.2) is 0 Å². The molecule has 1 aromatic rings. The van der Waals surface area contributed by atoms with E-state index in [9.17, 15) is 9.90 Å². The van der Waals surface area contributed by atoms with Crippen LogP contribution in [0, 0.1) is 5.41 Å². The summed E-state index contributed by atoms with van der Waals surface area (Å²) in [7, 11) is 0. The zero-order chi connectivity index (χ0) is 18.5. The lowest BCUT2D eigenvalue weighted by Gasteiger charge is -2.42. The van der Waals surface area contributed by atoms with Crippen molar-refractivity contribution in [2.75, 3.05) is 32.8 Å². The highest BCUT2D eigenvalue weighted by Gasteiger charge is 2.46. The van der Waals surface area contributed by atoms with Gasteiger partial charge in [-0.15, -0.1) is 11.3 Å². The minimum Gasteiger partial charge on any atom is -0.392 e. The van der Waals surface area contributed by atoms with Crippen molar-refractivity contribution in [3.63, 3.8) is 0 Å². The number of carbonyl (C=O) groups is 1. The van der Waals surface area contributed by atoms with Crippen LogP contribution in [0.2, 0.25) is 0 Å². The van der Waals surface area contributed by atoms with E-state index in [1.54, 1.807) is 11.3 Å². The second kappa shape index (κ2) is 6.83. The third-order valence-electron chi connectivity index (χ3n) is 7.35. The number of aliphatic hydroxyl groups excluding tert-OH is 1. The summed E-state index contributed by atoms with van der Waals surface area (Å²) in [6, 6.07) is 2.14. The van der Waals surface area contributed by atoms with Gasteiger partial charge >= 0.3 is 0 Å². The zero-order valence-corrected chi connectivity index (χ0v) is 16.8. The molecule has 4 aliphatic rings. The largest absolute Gasteiger partial charge is 0.392 e. The molecule has 2 N–H and O–H groups in total. The maximum Gasteiger partial charge on any atom is 0.263 e. The Labute approximate surface area is 165 Å². The molecule has 2 spiro atoms. The predicted octanol–water partition coefficient (Wildman–Crippen LogP) is 2.67. The Bertz CT molecular complexity index is 727. The van der Waals surface area contributed by atoms with Crippen LogP contribution in [0.15, 0.2) is 6.07 Å². The van der Waals surface area contributed by atoms with Gasteiger partial charge in [-0.1, -0.05) is 6.42 Å². The number of hydrogen-bond donors (Lipinski definition) is 2. The molecule has 2 atom stereocenters. The number of nitrogens with zero attached hydrogens (tertiary/aromatic N) is 1. The Balaban J connectivity index is 1.40. The highest BCUT2D eigenvalue weighted by atomic mass is 32.1. The normalized spacial score (nSPS) is 32.8. The number of likely N-dealkylation sites (tertiary alicyclic amines) is 1. The Hall–Kier alpha value is -0.950. The number of piperidine rings is 2. The van der Waals surface area contributed by atoms with Crippen molar-refractivity contribution in [2.24, 2.45) is 5.41 Å². The molecule has 148 valence electrons. The minimum absolute atomic E-state index is 0.0514.